The van der Waals surface area contributed by atoms with E-state index in [1.54, 1.807) is 12.1 Å². The maximum Gasteiger partial charge on any atom is 0.271 e. The molecule has 2 aromatic rings. The Hall–Kier alpha value is -2.62. The molecule has 1 aliphatic rings. The van der Waals surface area contributed by atoms with Crippen LogP contribution in [0, 0.1) is 0 Å². The standard InChI is InChI=1S/C19H20N2O2/c22-16-12-10-15(11-13-16)19(23)21-20-18-9-5-4-8-17(18)14-6-2-1-3-7-14/h1-3,6-7,10-13,17,22H,4-5,8-9H2,(H,21,23)/b20-18-/t17-/m1/s1. The third kappa shape index (κ3) is 3.77. The Kier molecular flexibility index (Phi) is 4.71. The molecule has 0 unspecified atom stereocenters. The first-order valence-corrected chi connectivity index (χ1v) is 7.95. The summed E-state index contributed by atoms with van der Waals surface area (Å²) in [5.41, 5.74) is 5.43. The van der Waals surface area contributed by atoms with Crippen molar-refractivity contribution in [3.8, 4) is 5.75 Å². The summed E-state index contributed by atoms with van der Waals surface area (Å²) in [4.78, 5) is 12.1. The van der Waals surface area contributed by atoms with Crippen molar-refractivity contribution in [3.63, 3.8) is 0 Å². The lowest BCUT2D eigenvalue weighted by atomic mass is 9.82. The highest BCUT2D eigenvalue weighted by Gasteiger charge is 2.22. The lowest BCUT2D eigenvalue weighted by molar-refractivity contribution is 0.0954. The van der Waals surface area contributed by atoms with Gasteiger partial charge in [-0.05, 0) is 49.1 Å². The summed E-state index contributed by atoms with van der Waals surface area (Å²) in [6, 6.07) is 16.5. The number of phenols is 1. The first-order valence-electron chi connectivity index (χ1n) is 7.95. The number of carbonyl (C=O) groups excluding carboxylic acids is 1. The van der Waals surface area contributed by atoms with Crippen LogP contribution in [0.3, 0.4) is 0 Å². The van der Waals surface area contributed by atoms with Gasteiger partial charge in [-0.1, -0.05) is 36.8 Å². The number of benzene rings is 2. The number of nitrogens with one attached hydrogen (secondary N) is 1. The van der Waals surface area contributed by atoms with Crippen LogP contribution in [0.25, 0.3) is 0 Å². The van der Waals surface area contributed by atoms with Crippen molar-refractivity contribution in [2.45, 2.75) is 31.6 Å². The van der Waals surface area contributed by atoms with Gasteiger partial charge in [-0.25, -0.2) is 5.43 Å². The summed E-state index contributed by atoms with van der Waals surface area (Å²) in [6.07, 6.45) is 4.27. The number of rotatable bonds is 3. The predicted molar refractivity (Wildman–Crippen MR) is 90.7 cm³/mol. The van der Waals surface area contributed by atoms with Crippen molar-refractivity contribution in [2.24, 2.45) is 5.10 Å². The number of hydrazone groups is 1. The van der Waals surface area contributed by atoms with Crippen molar-refractivity contribution in [1.82, 2.24) is 5.43 Å². The maximum absolute atomic E-state index is 12.1. The largest absolute Gasteiger partial charge is 0.508 e. The molecule has 1 saturated carbocycles. The Morgan fingerprint density at radius 2 is 1.78 bits per heavy atom. The summed E-state index contributed by atoms with van der Waals surface area (Å²) in [7, 11) is 0. The van der Waals surface area contributed by atoms with E-state index in [1.165, 1.54) is 24.1 Å². The quantitative estimate of drug-likeness (QED) is 0.846. The van der Waals surface area contributed by atoms with E-state index in [4.69, 9.17) is 0 Å². The maximum atomic E-state index is 12.1. The molecule has 0 spiro atoms. The summed E-state index contributed by atoms with van der Waals surface area (Å²) in [6.45, 7) is 0. The normalized spacial score (nSPS) is 19.5. The molecule has 0 aromatic heterocycles. The Labute approximate surface area is 135 Å². The number of hydrogen-bond donors (Lipinski definition) is 2. The smallest absolute Gasteiger partial charge is 0.271 e. The Morgan fingerprint density at radius 1 is 1.04 bits per heavy atom. The predicted octanol–water partition coefficient (Wildman–Crippen LogP) is 3.84. The number of amides is 1. The van der Waals surface area contributed by atoms with Gasteiger partial charge in [0.25, 0.3) is 5.91 Å². The highest BCUT2D eigenvalue weighted by Crippen LogP contribution is 2.30. The highest BCUT2D eigenvalue weighted by atomic mass is 16.3. The zero-order valence-corrected chi connectivity index (χ0v) is 12.9. The van der Waals surface area contributed by atoms with Crippen molar-refractivity contribution < 1.29 is 9.90 Å². The topological polar surface area (TPSA) is 61.7 Å². The van der Waals surface area contributed by atoms with Crippen LogP contribution < -0.4 is 5.43 Å². The molecule has 1 fully saturated rings. The number of nitrogens with zero attached hydrogens (tertiary/aromatic N) is 1. The molecule has 23 heavy (non-hydrogen) atoms. The molecular formula is C19H20N2O2. The molecule has 0 aliphatic heterocycles. The number of carbonyl (C=O) groups is 1. The van der Waals surface area contributed by atoms with Crippen molar-refractivity contribution in [3.05, 3.63) is 65.7 Å². The van der Waals surface area contributed by atoms with E-state index < -0.39 is 0 Å². The van der Waals surface area contributed by atoms with Gasteiger partial charge < -0.3 is 5.11 Å². The minimum absolute atomic E-state index is 0.143. The monoisotopic (exact) mass is 308 g/mol. The average Bonchev–Trinajstić information content (AvgIpc) is 2.61. The summed E-state index contributed by atoms with van der Waals surface area (Å²) in [5, 5.41) is 13.7. The van der Waals surface area contributed by atoms with Gasteiger partial charge in [0.15, 0.2) is 0 Å². The third-order valence-corrected chi connectivity index (χ3v) is 4.21. The first-order chi connectivity index (χ1) is 11.2. The zero-order valence-electron chi connectivity index (χ0n) is 12.9. The molecule has 1 atom stereocenters. The third-order valence-electron chi connectivity index (χ3n) is 4.21. The van der Waals surface area contributed by atoms with E-state index in [0.717, 1.165) is 25.0 Å². The van der Waals surface area contributed by atoms with Gasteiger partial charge in [0, 0.05) is 17.2 Å². The summed E-state index contributed by atoms with van der Waals surface area (Å²) in [5.74, 6) is 0.171. The average molecular weight is 308 g/mol. The van der Waals surface area contributed by atoms with E-state index in [-0.39, 0.29) is 17.6 Å². The second-order valence-corrected chi connectivity index (χ2v) is 5.80. The van der Waals surface area contributed by atoms with Crippen molar-refractivity contribution in [1.29, 1.82) is 0 Å². The fourth-order valence-corrected chi connectivity index (χ4v) is 2.97. The Bertz CT molecular complexity index is 693. The van der Waals surface area contributed by atoms with Gasteiger partial charge in [-0.3, -0.25) is 4.79 Å². The second-order valence-electron chi connectivity index (χ2n) is 5.80. The van der Waals surface area contributed by atoms with E-state index in [1.807, 2.05) is 18.2 Å². The Balaban J connectivity index is 1.74. The molecule has 3 rings (SSSR count). The Morgan fingerprint density at radius 3 is 2.52 bits per heavy atom. The molecular weight excluding hydrogens is 288 g/mol. The minimum atomic E-state index is -0.255. The van der Waals surface area contributed by atoms with Crippen molar-refractivity contribution >= 4 is 11.6 Å². The molecule has 4 nitrogen and oxygen atoms in total. The van der Waals surface area contributed by atoms with E-state index in [9.17, 15) is 9.90 Å². The summed E-state index contributed by atoms with van der Waals surface area (Å²) >= 11 is 0. The van der Waals surface area contributed by atoms with Crippen LogP contribution in [0.4, 0.5) is 0 Å². The lowest BCUT2D eigenvalue weighted by Crippen LogP contribution is -2.24. The SMILES string of the molecule is O=C(N/N=C1/CCCC[C@@H]1c1ccccc1)c1ccc(O)cc1. The zero-order chi connectivity index (χ0) is 16.1. The van der Waals surface area contributed by atoms with Crippen LogP contribution in [-0.4, -0.2) is 16.7 Å². The number of phenolic OH excluding ortho intramolecular Hbond substituents is 1. The first kappa shape index (κ1) is 15.3. The van der Waals surface area contributed by atoms with Crippen molar-refractivity contribution in [2.75, 3.05) is 0 Å². The lowest BCUT2D eigenvalue weighted by Gasteiger charge is -2.24. The number of hydrogen-bond acceptors (Lipinski definition) is 3. The van der Waals surface area contributed by atoms with Crippen LogP contribution in [0.1, 0.15) is 47.5 Å². The van der Waals surface area contributed by atoms with E-state index in [2.05, 4.69) is 22.7 Å². The number of aromatic hydroxyl groups is 1. The molecule has 1 aliphatic carbocycles. The van der Waals surface area contributed by atoms with E-state index >= 15 is 0 Å². The summed E-state index contributed by atoms with van der Waals surface area (Å²) < 4.78 is 0. The minimum Gasteiger partial charge on any atom is -0.508 e. The van der Waals surface area contributed by atoms with Crippen LogP contribution in [-0.2, 0) is 0 Å². The van der Waals surface area contributed by atoms with E-state index in [0.29, 0.717) is 5.56 Å². The van der Waals surface area contributed by atoms with Crippen LogP contribution in [0.2, 0.25) is 0 Å². The van der Waals surface area contributed by atoms with Gasteiger partial charge in [0.2, 0.25) is 0 Å². The second kappa shape index (κ2) is 7.09. The molecule has 1 amide bonds. The molecule has 0 radical (unpaired) electrons. The molecule has 0 heterocycles. The van der Waals surface area contributed by atoms with Gasteiger partial charge >= 0.3 is 0 Å². The molecule has 2 aromatic carbocycles. The molecule has 0 saturated heterocycles. The van der Waals surface area contributed by atoms with Gasteiger partial charge in [0.05, 0.1) is 0 Å². The van der Waals surface area contributed by atoms with Gasteiger partial charge in [-0.15, -0.1) is 0 Å². The molecule has 0 bridgehead atoms. The van der Waals surface area contributed by atoms with Crippen LogP contribution in [0.15, 0.2) is 59.7 Å². The highest BCUT2D eigenvalue weighted by molar-refractivity contribution is 5.97. The molecule has 118 valence electrons. The van der Waals surface area contributed by atoms with Crippen LogP contribution in [0.5, 0.6) is 5.75 Å². The van der Waals surface area contributed by atoms with Gasteiger partial charge in [0.1, 0.15) is 5.75 Å². The molecule has 4 heteroatoms. The fraction of sp³-hybridized carbons (Fsp3) is 0.263. The van der Waals surface area contributed by atoms with Gasteiger partial charge in [-0.2, -0.15) is 5.10 Å². The molecule has 2 N–H and O–H groups in total. The van der Waals surface area contributed by atoms with Crippen LogP contribution >= 0.6 is 0 Å². The fourth-order valence-electron chi connectivity index (χ4n) is 2.97.